The Morgan fingerprint density at radius 3 is 2.29 bits per heavy atom. The summed E-state index contributed by atoms with van der Waals surface area (Å²) in [5.41, 5.74) is 9.63. The number of hydrazine groups is 1. The van der Waals surface area contributed by atoms with Crippen LogP contribution in [0.2, 0.25) is 0 Å². The fourth-order valence-corrected chi connectivity index (χ4v) is 2.11. The zero-order chi connectivity index (χ0) is 12.9. The first-order valence-corrected chi connectivity index (χ1v) is 6.86. The van der Waals surface area contributed by atoms with Gasteiger partial charge in [0.05, 0.1) is 0 Å². The van der Waals surface area contributed by atoms with Crippen molar-refractivity contribution in [2.45, 2.75) is 39.2 Å². The smallest absolute Gasteiger partial charge is 0.0420 e. The fraction of sp³-hybridized carbons (Fsp3) is 1.00. The second-order valence-electron chi connectivity index (χ2n) is 6.10. The quantitative estimate of drug-likeness (QED) is 0.726. The van der Waals surface area contributed by atoms with Gasteiger partial charge in [-0.1, -0.05) is 13.8 Å². The molecule has 0 amide bonds. The Morgan fingerprint density at radius 2 is 1.82 bits per heavy atom. The van der Waals surface area contributed by atoms with Gasteiger partial charge in [0.25, 0.3) is 0 Å². The maximum absolute atomic E-state index is 5.94. The molecule has 3 N–H and O–H groups in total. The van der Waals surface area contributed by atoms with Gasteiger partial charge in [0.15, 0.2) is 0 Å². The molecule has 0 saturated carbocycles. The molecule has 0 bridgehead atoms. The van der Waals surface area contributed by atoms with E-state index in [9.17, 15) is 0 Å². The van der Waals surface area contributed by atoms with Gasteiger partial charge in [-0.25, -0.2) is 10.4 Å². The monoisotopic (exact) mass is 242 g/mol. The lowest BCUT2D eigenvalue weighted by molar-refractivity contribution is 0.0557. The summed E-state index contributed by atoms with van der Waals surface area (Å²) in [5, 5.41) is 2.34. The third-order valence-corrected chi connectivity index (χ3v) is 3.66. The van der Waals surface area contributed by atoms with Crippen molar-refractivity contribution >= 4 is 0 Å². The van der Waals surface area contributed by atoms with Crippen molar-refractivity contribution in [3.05, 3.63) is 0 Å². The van der Waals surface area contributed by atoms with Crippen LogP contribution in [0, 0.1) is 5.92 Å². The van der Waals surface area contributed by atoms with Gasteiger partial charge in [-0.15, -0.1) is 0 Å². The van der Waals surface area contributed by atoms with Crippen molar-refractivity contribution < 1.29 is 0 Å². The number of nitrogens with zero attached hydrogens (tertiary/aromatic N) is 2. The third kappa shape index (κ3) is 5.34. The molecule has 1 atom stereocenters. The summed E-state index contributed by atoms with van der Waals surface area (Å²) < 4.78 is 0. The summed E-state index contributed by atoms with van der Waals surface area (Å²) in [6.07, 6.45) is 2.38. The largest absolute Gasteiger partial charge is 0.329 e. The predicted octanol–water partition coefficient (Wildman–Crippen LogP) is 0.892. The van der Waals surface area contributed by atoms with Crippen LogP contribution in [0.25, 0.3) is 0 Å². The number of nitrogens with one attached hydrogen (secondary N) is 1. The van der Waals surface area contributed by atoms with E-state index in [1.807, 2.05) is 0 Å². The van der Waals surface area contributed by atoms with Gasteiger partial charge in [0, 0.05) is 38.3 Å². The van der Waals surface area contributed by atoms with Gasteiger partial charge < -0.3 is 10.6 Å². The average molecular weight is 242 g/mol. The number of piperazine rings is 1. The van der Waals surface area contributed by atoms with Crippen molar-refractivity contribution in [2.75, 3.05) is 39.8 Å². The van der Waals surface area contributed by atoms with Crippen LogP contribution in [0.1, 0.15) is 33.6 Å². The molecule has 1 aliphatic rings. The standard InChI is InChI=1S/C13H30N4/c1-12(2)5-6-13(3,11-14)15-17-9-7-16(4)8-10-17/h12,15H,5-11,14H2,1-4H3. The van der Waals surface area contributed by atoms with E-state index in [1.165, 1.54) is 6.42 Å². The topological polar surface area (TPSA) is 44.5 Å². The molecule has 1 fully saturated rings. The fourth-order valence-electron chi connectivity index (χ4n) is 2.11. The average Bonchev–Trinajstić information content (AvgIpc) is 2.30. The second-order valence-corrected chi connectivity index (χ2v) is 6.10. The first-order valence-electron chi connectivity index (χ1n) is 6.86. The van der Waals surface area contributed by atoms with Crippen molar-refractivity contribution in [1.29, 1.82) is 0 Å². The van der Waals surface area contributed by atoms with E-state index in [-0.39, 0.29) is 5.54 Å². The maximum atomic E-state index is 5.94. The maximum Gasteiger partial charge on any atom is 0.0420 e. The molecule has 1 aliphatic heterocycles. The summed E-state index contributed by atoms with van der Waals surface area (Å²) in [4.78, 5) is 2.37. The molecular formula is C13H30N4. The molecule has 0 aliphatic carbocycles. The Bertz CT molecular complexity index is 211. The van der Waals surface area contributed by atoms with Crippen LogP contribution in [-0.4, -0.2) is 55.2 Å². The molecule has 0 aromatic rings. The van der Waals surface area contributed by atoms with Crippen molar-refractivity contribution in [2.24, 2.45) is 11.7 Å². The van der Waals surface area contributed by atoms with Crippen molar-refractivity contribution in [3.63, 3.8) is 0 Å². The van der Waals surface area contributed by atoms with Crippen LogP contribution >= 0.6 is 0 Å². The van der Waals surface area contributed by atoms with E-state index in [4.69, 9.17) is 5.73 Å². The van der Waals surface area contributed by atoms with Gasteiger partial charge in [-0.3, -0.25) is 0 Å². The van der Waals surface area contributed by atoms with E-state index in [2.05, 4.69) is 43.2 Å². The minimum atomic E-state index is 0.0557. The zero-order valence-corrected chi connectivity index (χ0v) is 12.0. The van der Waals surface area contributed by atoms with Crippen molar-refractivity contribution in [3.8, 4) is 0 Å². The summed E-state index contributed by atoms with van der Waals surface area (Å²) >= 11 is 0. The SMILES string of the molecule is CC(C)CCC(C)(CN)NN1CCN(C)CC1. The van der Waals surface area contributed by atoms with Gasteiger partial charge in [-0.05, 0) is 32.7 Å². The number of nitrogens with two attached hydrogens (primary N) is 1. The molecule has 17 heavy (non-hydrogen) atoms. The molecule has 0 radical (unpaired) electrons. The van der Waals surface area contributed by atoms with E-state index < -0.39 is 0 Å². The Hall–Kier alpha value is -0.160. The molecule has 0 spiro atoms. The van der Waals surface area contributed by atoms with Crippen LogP contribution in [0.15, 0.2) is 0 Å². The third-order valence-electron chi connectivity index (χ3n) is 3.66. The number of hydrogen-bond donors (Lipinski definition) is 2. The Morgan fingerprint density at radius 1 is 1.24 bits per heavy atom. The van der Waals surface area contributed by atoms with Gasteiger partial charge >= 0.3 is 0 Å². The molecule has 1 saturated heterocycles. The first kappa shape index (κ1) is 14.9. The summed E-state index contributed by atoms with van der Waals surface area (Å²) in [6, 6.07) is 0. The Kier molecular flexibility index (Phi) is 5.86. The molecule has 4 heteroatoms. The molecule has 1 unspecified atom stereocenters. The zero-order valence-electron chi connectivity index (χ0n) is 12.0. The molecule has 102 valence electrons. The second kappa shape index (κ2) is 6.69. The van der Waals surface area contributed by atoms with E-state index in [0.29, 0.717) is 6.54 Å². The van der Waals surface area contributed by atoms with E-state index in [1.54, 1.807) is 0 Å². The summed E-state index contributed by atoms with van der Waals surface area (Å²) in [6.45, 7) is 11.9. The van der Waals surface area contributed by atoms with Crippen LogP contribution in [0.4, 0.5) is 0 Å². The van der Waals surface area contributed by atoms with E-state index in [0.717, 1.165) is 38.5 Å². The van der Waals surface area contributed by atoms with Crippen LogP contribution < -0.4 is 11.2 Å². The van der Waals surface area contributed by atoms with Crippen molar-refractivity contribution in [1.82, 2.24) is 15.3 Å². The summed E-state index contributed by atoms with van der Waals surface area (Å²) in [7, 11) is 2.18. The molecule has 0 aromatic carbocycles. The number of likely N-dealkylation sites (N-methyl/N-ethyl adjacent to an activating group) is 1. The molecule has 4 nitrogen and oxygen atoms in total. The van der Waals surface area contributed by atoms with Crippen LogP contribution in [-0.2, 0) is 0 Å². The van der Waals surface area contributed by atoms with Crippen LogP contribution in [0.5, 0.6) is 0 Å². The normalized spacial score (nSPS) is 22.9. The number of hydrogen-bond acceptors (Lipinski definition) is 4. The lowest BCUT2D eigenvalue weighted by Crippen LogP contribution is -2.60. The molecular weight excluding hydrogens is 212 g/mol. The number of rotatable bonds is 6. The lowest BCUT2D eigenvalue weighted by atomic mass is 9.92. The molecule has 1 heterocycles. The highest BCUT2D eigenvalue weighted by Crippen LogP contribution is 2.16. The Balaban J connectivity index is 2.39. The minimum Gasteiger partial charge on any atom is -0.329 e. The predicted molar refractivity (Wildman–Crippen MR) is 73.7 cm³/mol. The highest BCUT2D eigenvalue weighted by atomic mass is 15.5. The summed E-state index contributed by atoms with van der Waals surface area (Å²) in [5.74, 6) is 0.746. The van der Waals surface area contributed by atoms with Gasteiger partial charge in [0.2, 0.25) is 0 Å². The lowest BCUT2D eigenvalue weighted by Gasteiger charge is -2.40. The van der Waals surface area contributed by atoms with Gasteiger partial charge in [0.1, 0.15) is 0 Å². The minimum absolute atomic E-state index is 0.0557. The van der Waals surface area contributed by atoms with E-state index >= 15 is 0 Å². The molecule has 0 aromatic heterocycles. The highest BCUT2D eigenvalue weighted by Gasteiger charge is 2.26. The van der Waals surface area contributed by atoms with Crippen LogP contribution in [0.3, 0.4) is 0 Å². The Labute approximate surface area is 106 Å². The molecule has 1 rings (SSSR count). The highest BCUT2D eigenvalue weighted by molar-refractivity contribution is 4.84. The first-order chi connectivity index (χ1) is 7.95. The van der Waals surface area contributed by atoms with Gasteiger partial charge in [-0.2, -0.15) is 0 Å².